The lowest BCUT2D eigenvalue weighted by Gasteiger charge is -2.08. The lowest BCUT2D eigenvalue weighted by atomic mass is 10.2. The Kier molecular flexibility index (Phi) is 3.93. The van der Waals surface area contributed by atoms with Crippen LogP contribution < -0.4 is 4.74 Å². The Labute approximate surface area is 144 Å². The Morgan fingerprint density at radius 3 is 2.42 bits per heavy atom. The molecule has 3 aromatic carbocycles. The average molecular weight is 335 g/mol. The van der Waals surface area contributed by atoms with E-state index in [0.717, 1.165) is 38.8 Å². The van der Waals surface area contributed by atoms with Crippen LogP contribution in [0.2, 0.25) is 5.02 Å². The van der Waals surface area contributed by atoms with E-state index in [1.54, 1.807) is 0 Å². The molecule has 0 amide bonds. The van der Waals surface area contributed by atoms with Gasteiger partial charge in [-0.15, -0.1) is 0 Å². The van der Waals surface area contributed by atoms with Crippen molar-refractivity contribution in [3.05, 3.63) is 83.4 Å². The van der Waals surface area contributed by atoms with Crippen molar-refractivity contribution in [3.8, 4) is 17.1 Å². The van der Waals surface area contributed by atoms with Crippen LogP contribution >= 0.6 is 11.6 Å². The number of nitrogens with one attached hydrogen (secondary N) is 1. The van der Waals surface area contributed by atoms with Gasteiger partial charge in [-0.1, -0.05) is 41.9 Å². The largest absolute Gasteiger partial charge is 0.489 e. The minimum atomic E-state index is 0.448. The van der Waals surface area contributed by atoms with E-state index in [1.165, 1.54) is 0 Å². The number of nitrogens with zero attached hydrogens (tertiary/aromatic N) is 1. The highest BCUT2D eigenvalue weighted by Gasteiger charge is 2.05. The van der Waals surface area contributed by atoms with Crippen molar-refractivity contribution in [1.82, 2.24) is 9.97 Å². The van der Waals surface area contributed by atoms with Crippen LogP contribution in [-0.4, -0.2) is 9.97 Å². The molecule has 0 aliphatic heterocycles. The first-order valence-electron chi connectivity index (χ1n) is 7.71. The van der Waals surface area contributed by atoms with Crippen LogP contribution in [0.3, 0.4) is 0 Å². The third kappa shape index (κ3) is 2.99. The summed E-state index contributed by atoms with van der Waals surface area (Å²) in [6.07, 6.45) is 0. The maximum atomic E-state index is 6.14. The van der Waals surface area contributed by atoms with Crippen LogP contribution in [0, 0.1) is 0 Å². The van der Waals surface area contributed by atoms with Gasteiger partial charge in [-0.25, -0.2) is 4.98 Å². The first-order chi connectivity index (χ1) is 11.8. The van der Waals surface area contributed by atoms with Gasteiger partial charge in [0.1, 0.15) is 18.2 Å². The third-order valence-electron chi connectivity index (χ3n) is 3.87. The molecule has 1 aromatic heterocycles. The molecule has 1 N–H and O–H groups in total. The molecule has 0 aliphatic rings. The normalized spacial score (nSPS) is 10.9. The molecule has 0 fully saturated rings. The van der Waals surface area contributed by atoms with Crippen molar-refractivity contribution < 1.29 is 4.74 Å². The average Bonchev–Trinajstić information content (AvgIpc) is 3.06. The Hall–Kier alpha value is -2.78. The van der Waals surface area contributed by atoms with E-state index in [1.807, 2.05) is 72.8 Å². The maximum Gasteiger partial charge on any atom is 0.138 e. The summed E-state index contributed by atoms with van der Waals surface area (Å²) in [5, 5.41) is 0.719. The topological polar surface area (TPSA) is 37.9 Å². The first-order valence-corrected chi connectivity index (χ1v) is 8.09. The van der Waals surface area contributed by atoms with Crippen molar-refractivity contribution >= 4 is 22.6 Å². The highest BCUT2D eigenvalue weighted by Crippen LogP contribution is 2.24. The van der Waals surface area contributed by atoms with Gasteiger partial charge < -0.3 is 9.72 Å². The molecule has 118 valence electrons. The number of hydrogen-bond donors (Lipinski definition) is 1. The molecule has 0 spiro atoms. The molecule has 0 aliphatic carbocycles. The Morgan fingerprint density at radius 2 is 1.62 bits per heavy atom. The molecule has 0 unspecified atom stereocenters. The molecule has 1 heterocycles. The standard InChI is InChI=1S/C20H15ClN2O/c21-17-6-2-1-5-15(17)13-24-16-11-9-14(10-12-16)20-22-18-7-3-4-8-19(18)23-20/h1-12H,13H2,(H,22,23). The van der Waals surface area contributed by atoms with E-state index in [0.29, 0.717) is 6.61 Å². The fourth-order valence-electron chi connectivity index (χ4n) is 2.58. The number of rotatable bonds is 4. The first kappa shape index (κ1) is 14.8. The van der Waals surface area contributed by atoms with Crippen molar-refractivity contribution in [3.63, 3.8) is 0 Å². The van der Waals surface area contributed by atoms with Gasteiger partial charge in [-0.05, 0) is 42.5 Å². The van der Waals surface area contributed by atoms with Crippen molar-refractivity contribution in [2.45, 2.75) is 6.61 Å². The highest BCUT2D eigenvalue weighted by molar-refractivity contribution is 6.31. The van der Waals surface area contributed by atoms with Gasteiger partial charge in [-0.3, -0.25) is 0 Å². The van der Waals surface area contributed by atoms with Gasteiger partial charge in [0.2, 0.25) is 0 Å². The third-order valence-corrected chi connectivity index (χ3v) is 4.24. The van der Waals surface area contributed by atoms with Crippen molar-refractivity contribution in [2.75, 3.05) is 0 Å². The lowest BCUT2D eigenvalue weighted by molar-refractivity contribution is 0.306. The number of aromatic nitrogens is 2. The highest BCUT2D eigenvalue weighted by atomic mass is 35.5. The molecule has 4 rings (SSSR count). The Bertz CT molecular complexity index is 943. The van der Waals surface area contributed by atoms with Gasteiger partial charge in [0.15, 0.2) is 0 Å². The lowest BCUT2D eigenvalue weighted by Crippen LogP contribution is -1.96. The molecular formula is C20H15ClN2O. The van der Waals surface area contributed by atoms with Gasteiger partial charge in [-0.2, -0.15) is 0 Å². The summed E-state index contributed by atoms with van der Waals surface area (Å²) in [5.41, 5.74) is 4.00. The fourth-order valence-corrected chi connectivity index (χ4v) is 2.77. The molecule has 24 heavy (non-hydrogen) atoms. The van der Waals surface area contributed by atoms with Gasteiger partial charge in [0.25, 0.3) is 0 Å². The second-order valence-corrected chi connectivity index (χ2v) is 5.91. The second kappa shape index (κ2) is 6.38. The second-order valence-electron chi connectivity index (χ2n) is 5.51. The van der Waals surface area contributed by atoms with E-state index >= 15 is 0 Å². The van der Waals surface area contributed by atoms with Crippen LogP contribution in [0.25, 0.3) is 22.4 Å². The van der Waals surface area contributed by atoms with E-state index in [9.17, 15) is 0 Å². The minimum Gasteiger partial charge on any atom is -0.489 e. The number of fused-ring (bicyclic) bond motifs is 1. The summed E-state index contributed by atoms with van der Waals surface area (Å²) in [6, 6.07) is 23.6. The number of imidazole rings is 1. The number of ether oxygens (including phenoxy) is 1. The molecular weight excluding hydrogens is 320 g/mol. The Balaban J connectivity index is 1.51. The fraction of sp³-hybridized carbons (Fsp3) is 0.0500. The van der Waals surface area contributed by atoms with Crippen molar-refractivity contribution in [1.29, 1.82) is 0 Å². The zero-order valence-corrected chi connectivity index (χ0v) is 13.6. The molecule has 0 bridgehead atoms. The van der Waals surface area contributed by atoms with E-state index in [-0.39, 0.29) is 0 Å². The minimum absolute atomic E-state index is 0.448. The molecule has 4 aromatic rings. The molecule has 0 radical (unpaired) electrons. The molecule has 3 nitrogen and oxygen atoms in total. The predicted octanol–water partition coefficient (Wildman–Crippen LogP) is 5.46. The van der Waals surface area contributed by atoms with Gasteiger partial charge >= 0.3 is 0 Å². The monoisotopic (exact) mass is 334 g/mol. The summed E-state index contributed by atoms with van der Waals surface area (Å²) >= 11 is 6.14. The molecule has 4 heteroatoms. The number of aromatic amines is 1. The van der Waals surface area contributed by atoms with Crippen LogP contribution in [0.1, 0.15) is 5.56 Å². The van der Waals surface area contributed by atoms with Gasteiger partial charge in [0, 0.05) is 16.1 Å². The van der Waals surface area contributed by atoms with Crippen LogP contribution in [-0.2, 0) is 6.61 Å². The maximum absolute atomic E-state index is 6.14. The number of halogens is 1. The van der Waals surface area contributed by atoms with Crippen molar-refractivity contribution in [2.24, 2.45) is 0 Å². The van der Waals surface area contributed by atoms with E-state index in [4.69, 9.17) is 16.3 Å². The van der Waals surface area contributed by atoms with Crippen LogP contribution in [0.4, 0.5) is 0 Å². The van der Waals surface area contributed by atoms with E-state index in [2.05, 4.69) is 9.97 Å². The van der Waals surface area contributed by atoms with E-state index < -0.39 is 0 Å². The summed E-state index contributed by atoms with van der Waals surface area (Å²) < 4.78 is 5.81. The molecule has 0 saturated carbocycles. The number of hydrogen-bond acceptors (Lipinski definition) is 2. The molecule has 0 saturated heterocycles. The summed E-state index contributed by atoms with van der Waals surface area (Å²) in [6.45, 7) is 0.448. The zero-order valence-electron chi connectivity index (χ0n) is 12.9. The van der Waals surface area contributed by atoms with Crippen LogP contribution in [0.5, 0.6) is 5.75 Å². The SMILES string of the molecule is Clc1ccccc1COc1ccc(-c2nc3ccccc3[nH]2)cc1. The number of benzene rings is 3. The smallest absolute Gasteiger partial charge is 0.138 e. The van der Waals surface area contributed by atoms with Crippen LogP contribution in [0.15, 0.2) is 72.8 Å². The zero-order chi connectivity index (χ0) is 16.4. The predicted molar refractivity (Wildman–Crippen MR) is 97.3 cm³/mol. The van der Waals surface area contributed by atoms with Gasteiger partial charge in [0.05, 0.1) is 11.0 Å². The number of para-hydroxylation sites is 2. The number of H-pyrrole nitrogens is 1. The summed E-state index contributed by atoms with van der Waals surface area (Å²) in [4.78, 5) is 7.93. The molecule has 0 atom stereocenters. The Morgan fingerprint density at radius 1 is 0.875 bits per heavy atom. The summed E-state index contributed by atoms with van der Waals surface area (Å²) in [7, 11) is 0. The summed E-state index contributed by atoms with van der Waals surface area (Å²) in [5.74, 6) is 1.66. The quantitative estimate of drug-likeness (QED) is 0.538.